The van der Waals surface area contributed by atoms with Crippen molar-refractivity contribution in [3.63, 3.8) is 0 Å². The highest BCUT2D eigenvalue weighted by Crippen LogP contribution is 2.29. The average molecular weight is 355 g/mol. The number of nitrogens with zero attached hydrogens (tertiary/aromatic N) is 4. The maximum atomic E-state index is 12.6. The van der Waals surface area contributed by atoms with Gasteiger partial charge in [0.2, 0.25) is 5.91 Å². The highest BCUT2D eigenvalue weighted by Gasteiger charge is 2.35. The smallest absolute Gasteiger partial charge is 0.234 e. The summed E-state index contributed by atoms with van der Waals surface area (Å²) in [5.74, 6) is -0.129. The SMILES string of the molecule is CC(Sc1nncn1-c1ccccc1)C(=O)NC1(C#N)CCCCC1. The van der Waals surface area contributed by atoms with Crippen LogP contribution >= 0.6 is 11.8 Å². The first-order valence-corrected chi connectivity index (χ1v) is 9.37. The summed E-state index contributed by atoms with van der Waals surface area (Å²) in [5.41, 5.74) is 0.237. The van der Waals surface area contributed by atoms with E-state index in [9.17, 15) is 10.1 Å². The molecule has 0 aliphatic heterocycles. The van der Waals surface area contributed by atoms with Crippen LogP contribution in [-0.2, 0) is 4.79 Å². The summed E-state index contributed by atoms with van der Waals surface area (Å²) >= 11 is 1.35. The van der Waals surface area contributed by atoms with Crippen molar-refractivity contribution in [3.8, 4) is 11.8 Å². The molecule has 1 saturated carbocycles. The molecule has 1 aliphatic carbocycles. The average Bonchev–Trinajstić information content (AvgIpc) is 3.11. The van der Waals surface area contributed by atoms with Crippen molar-refractivity contribution in [2.75, 3.05) is 0 Å². The van der Waals surface area contributed by atoms with Crippen LogP contribution in [0.2, 0.25) is 0 Å². The van der Waals surface area contributed by atoms with Gasteiger partial charge in [0.25, 0.3) is 0 Å². The van der Waals surface area contributed by atoms with Crippen LogP contribution in [0.15, 0.2) is 41.8 Å². The van der Waals surface area contributed by atoms with Crippen LogP contribution in [0.25, 0.3) is 5.69 Å². The van der Waals surface area contributed by atoms with E-state index in [-0.39, 0.29) is 11.2 Å². The van der Waals surface area contributed by atoms with Crippen molar-refractivity contribution >= 4 is 17.7 Å². The molecule has 7 heteroatoms. The number of nitrogens with one attached hydrogen (secondary N) is 1. The Morgan fingerprint density at radius 1 is 1.32 bits per heavy atom. The Kier molecular flexibility index (Phi) is 5.39. The van der Waals surface area contributed by atoms with E-state index in [1.54, 1.807) is 6.33 Å². The fourth-order valence-corrected chi connectivity index (χ4v) is 3.88. The van der Waals surface area contributed by atoms with E-state index in [1.165, 1.54) is 11.8 Å². The van der Waals surface area contributed by atoms with Gasteiger partial charge < -0.3 is 5.32 Å². The molecule has 0 radical (unpaired) electrons. The summed E-state index contributed by atoms with van der Waals surface area (Å²) in [4.78, 5) is 12.6. The molecule has 1 aliphatic rings. The third kappa shape index (κ3) is 4.02. The number of para-hydroxylation sites is 1. The number of aromatic nitrogens is 3. The van der Waals surface area contributed by atoms with E-state index < -0.39 is 5.54 Å². The summed E-state index contributed by atoms with van der Waals surface area (Å²) < 4.78 is 1.86. The number of rotatable bonds is 5. The molecule has 1 heterocycles. The van der Waals surface area contributed by atoms with Crippen LogP contribution in [0, 0.1) is 11.3 Å². The zero-order chi connectivity index (χ0) is 17.7. The predicted octanol–water partition coefficient (Wildman–Crippen LogP) is 3.09. The lowest BCUT2D eigenvalue weighted by Gasteiger charge is -2.32. The van der Waals surface area contributed by atoms with Gasteiger partial charge in [0.05, 0.1) is 11.3 Å². The maximum absolute atomic E-state index is 12.6. The van der Waals surface area contributed by atoms with Gasteiger partial charge in [-0.3, -0.25) is 9.36 Å². The van der Waals surface area contributed by atoms with Gasteiger partial charge in [0.15, 0.2) is 5.16 Å². The van der Waals surface area contributed by atoms with Crippen LogP contribution in [0.5, 0.6) is 0 Å². The second kappa shape index (κ2) is 7.70. The number of thioether (sulfide) groups is 1. The van der Waals surface area contributed by atoms with Gasteiger partial charge in [-0.05, 0) is 31.9 Å². The van der Waals surface area contributed by atoms with Gasteiger partial charge in [-0.1, -0.05) is 49.2 Å². The quantitative estimate of drug-likeness (QED) is 0.833. The van der Waals surface area contributed by atoms with E-state index in [0.29, 0.717) is 5.16 Å². The molecule has 1 fully saturated rings. The molecule has 130 valence electrons. The lowest BCUT2D eigenvalue weighted by atomic mass is 9.83. The Hall–Kier alpha value is -2.33. The molecule has 0 saturated heterocycles. The number of nitriles is 1. The first-order chi connectivity index (χ1) is 12.1. The van der Waals surface area contributed by atoms with Crippen molar-refractivity contribution in [2.24, 2.45) is 0 Å². The van der Waals surface area contributed by atoms with E-state index in [4.69, 9.17) is 0 Å². The summed E-state index contributed by atoms with van der Waals surface area (Å²) in [5, 5.41) is 20.9. The molecule has 0 spiro atoms. The number of hydrogen-bond donors (Lipinski definition) is 1. The standard InChI is InChI=1S/C18H21N5OS/c1-14(16(24)21-18(12-19)10-6-3-7-11-18)25-17-22-20-13-23(17)15-8-4-2-5-9-15/h2,4-5,8-9,13-14H,3,6-7,10-11H2,1H3,(H,21,24). The summed E-state index contributed by atoms with van der Waals surface area (Å²) in [6.07, 6.45) is 6.19. The highest BCUT2D eigenvalue weighted by molar-refractivity contribution is 8.00. The maximum Gasteiger partial charge on any atom is 0.234 e. The Morgan fingerprint density at radius 3 is 2.72 bits per heavy atom. The zero-order valence-electron chi connectivity index (χ0n) is 14.2. The van der Waals surface area contributed by atoms with E-state index in [0.717, 1.165) is 37.8 Å². The third-order valence-corrected chi connectivity index (χ3v) is 5.54. The Morgan fingerprint density at radius 2 is 2.04 bits per heavy atom. The van der Waals surface area contributed by atoms with Crippen molar-refractivity contribution in [2.45, 2.75) is 55.0 Å². The van der Waals surface area contributed by atoms with Crippen molar-refractivity contribution < 1.29 is 4.79 Å². The molecule has 25 heavy (non-hydrogen) atoms. The Bertz CT molecular complexity index is 761. The molecule has 1 aromatic heterocycles. The first-order valence-electron chi connectivity index (χ1n) is 8.49. The molecular weight excluding hydrogens is 334 g/mol. The first kappa shape index (κ1) is 17.5. The van der Waals surface area contributed by atoms with E-state index >= 15 is 0 Å². The second-order valence-electron chi connectivity index (χ2n) is 6.32. The summed E-state index contributed by atoms with van der Waals surface area (Å²) in [7, 11) is 0. The molecule has 3 rings (SSSR count). The fourth-order valence-electron chi connectivity index (χ4n) is 3.04. The largest absolute Gasteiger partial charge is 0.337 e. The predicted molar refractivity (Wildman–Crippen MR) is 96.2 cm³/mol. The van der Waals surface area contributed by atoms with Crippen molar-refractivity contribution in [3.05, 3.63) is 36.7 Å². The van der Waals surface area contributed by atoms with Crippen LogP contribution in [-0.4, -0.2) is 31.5 Å². The van der Waals surface area contributed by atoms with Crippen LogP contribution in [0.4, 0.5) is 0 Å². The molecule has 6 nitrogen and oxygen atoms in total. The van der Waals surface area contributed by atoms with Gasteiger partial charge in [-0.25, -0.2) is 0 Å². The lowest BCUT2D eigenvalue weighted by molar-refractivity contribution is -0.121. The van der Waals surface area contributed by atoms with Gasteiger partial charge in [0.1, 0.15) is 11.9 Å². The van der Waals surface area contributed by atoms with Crippen LogP contribution in [0.3, 0.4) is 0 Å². The second-order valence-corrected chi connectivity index (χ2v) is 7.63. The number of amides is 1. The van der Waals surface area contributed by atoms with Gasteiger partial charge in [-0.15, -0.1) is 10.2 Å². The van der Waals surface area contributed by atoms with Crippen LogP contribution in [0.1, 0.15) is 39.0 Å². The number of hydrogen-bond acceptors (Lipinski definition) is 5. The molecule has 1 N–H and O–H groups in total. The molecular formula is C18H21N5OS. The van der Waals surface area contributed by atoms with Gasteiger partial charge >= 0.3 is 0 Å². The fraction of sp³-hybridized carbons (Fsp3) is 0.444. The highest BCUT2D eigenvalue weighted by atomic mass is 32.2. The zero-order valence-corrected chi connectivity index (χ0v) is 15.0. The van der Waals surface area contributed by atoms with E-state index in [1.807, 2.05) is 41.8 Å². The monoisotopic (exact) mass is 355 g/mol. The molecule has 1 aromatic carbocycles. The lowest BCUT2D eigenvalue weighted by Crippen LogP contribution is -2.50. The molecule has 1 unspecified atom stereocenters. The van der Waals surface area contributed by atoms with Crippen molar-refractivity contribution in [1.29, 1.82) is 5.26 Å². The number of carbonyl (C=O) groups is 1. The topological polar surface area (TPSA) is 83.6 Å². The van der Waals surface area contributed by atoms with Gasteiger partial charge in [-0.2, -0.15) is 5.26 Å². The third-order valence-electron chi connectivity index (χ3n) is 4.49. The number of carbonyl (C=O) groups excluding carboxylic acids is 1. The van der Waals surface area contributed by atoms with Gasteiger partial charge in [0, 0.05) is 5.69 Å². The summed E-state index contributed by atoms with van der Waals surface area (Å²) in [6, 6.07) is 12.1. The minimum atomic E-state index is -0.711. The normalized spacial score (nSPS) is 17.4. The minimum absolute atomic E-state index is 0.129. The van der Waals surface area contributed by atoms with Crippen molar-refractivity contribution in [1.82, 2.24) is 20.1 Å². The molecule has 1 amide bonds. The minimum Gasteiger partial charge on any atom is -0.337 e. The molecule has 0 bridgehead atoms. The summed E-state index contributed by atoms with van der Waals surface area (Å²) in [6.45, 7) is 1.83. The Labute approximate surface area is 151 Å². The van der Waals surface area contributed by atoms with Crippen LogP contribution < -0.4 is 5.32 Å². The number of benzene rings is 1. The Balaban J connectivity index is 1.69. The molecule has 1 atom stereocenters. The molecule has 2 aromatic rings. The van der Waals surface area contributed by atoms with E-state index in [2.05, 4.69) is 21.6 Å².